The zero-order chi connectivity index (χ0) is 31.0. The average molecular weight is 648 g/mol. The van der Waals surface area contributed by atoms with Crippen molar-refractivity contribution in [1.82, 2.24) is 15.5 Å². The van der Waals surface area contributed by atoms with E-state index in [0.717, 1.165) is 4.90 Å². The molecule has 2 aromatic rings. The van der Waals surface area contributed by atoms with E-state index in [1.807, 2.05) is 24.3 Å². The zero-order valence-electron chi connectivity index (χ0n) is 22.0. The highest BCUT2D eigenvalue weighted by molar-refractivity contribution is 7.99. The van der Waals surface area contributed by atoms with E-state index in [1.54, 1.807) is 19.2 Å². The van der Waals surface area contributed by atoms with E-state index >= 15 is 0 Å². The van der Waals surface area contributed by atoms with Gasteiger partial charge in [0, 0.05) is 30.1 Å². The second-order valence-corrected chi connectivity index (χ2v) is 11.0. The van der Waals surface area contributed by atoms with Gasteiger partial charge in [-0.2, -0.15) is 13.2 Å². The number of carbonyl (C=O) groups is 4. The van der Waals surface area contributed by atoms with Crippen LogP contribution in [0.4, 0.5) is 13.2 Å². The summed E-state index contributed by atoms with van der Waals surface area (Å²) in [4.78, 5) is 50.5. The lowest BCUT2D eigenvalue weighted by molar-refractivity contribution is -0.175. The molecular weight excluding hydrogens is 622 g/mol. The molecule has 0 saturated carbocycles. The summed E-state index contributed by atoms with van der Waals surface area (Å²) in [5.41, 5.74) is 0.502. The first-order valence-corrected chi connectivity index (χ1v) is 14.0. The molecule has 9 nitrogen and oxygen atoms in total. The predicted octanol–water partition coefficient (Wildman–Crippen LogP) is 4.80. The number of nitrogens with one attached hydrogen (secondary N) is 2. The maximum Gasteiger partial charge on any atom is 0.471 e. The first-order valence-electron chi connectivity index (χ1n) is 12.5. The van der Waals surface area contributed by atoms with Crippen LogP contribution in [0.2, 0.25) is 10.0 Å². The van der Waals surface area contributed by atoms with Gasteiger partial charge in [-0.3, -0.25) is 14.4 Å². The summed E-state index contributed by atoms with van der Waals surface area (Å²) in [5, 5.41) is 13.5. The van der Waals surface area contributed by atoms with Crippen LogP contribution in [0.3, 0.4) is 0 Å². The summed E-state index contributed by atoms with van der Waals surface area (Å²) in [5.74, 6) is -4.84. The van der Waals surface area contributed by atoms with Gasteiger partial charge in [0.25, 0.3) is 0 Å². The summed E-state index contributed by atoms with van der Waals surface area (Å²) in [6.45, 7) is 0.475. The minimum atomic E-state index is -5.30. The molecule has 1 unspecified atom stereocenters. The molecule has 226 valence electrons. The van der Waals surface area contributed by atoms with Crippen LogP contribution in [0.5, 0.6) is 5.75 Å². The first kappa shape index (κ1) is 33.1. The van der Waals surface area contributed by atoms with Gasteiger partial charge >= 0.3 is 18.1 Å². The van der Waals surface area contributed by atoms with Crippen LogP contribution in [0.15, 0.2) is 52.3 Å². The fraction of sp³-hybridized carbons (Fsp3) is 0.333. The molecule has 1 fully saturated rings. The Bertz CT molecular complexity index is 1380. The number of alkyl halides is 3. The SMILES string of the molecule is COc1ccccc1Sc1ccc(C=CC(=O)N2CCCC(NC(=O)C[C@H](NC(=O)C(F)(F)F)C(=O)O)C2)c(Cl)c1Cl. The minimum absolute atomic E-state index is 0.0878. The van der Waals surface area contributed by atoms with Crippen LogP contribution in [0.1, 0.15) is 24.8 Å². The molecule has 3 N–H and O–H groups in total. The molecule has 0 aliphatic carbocycles. The van der Waals surface area contributed by atoms with Gasteiger partial charge in [-0.05, 0) is 42.7 Å². The molecule has 1 aliphatic rings. The Balaban J connectivity index is 1.60. The number of methoxy groups -OCH3 is 1. The molecule has 3 amide bonds. The summed E-state index contributed by atoms with van der Waals surface area (Å²) < 4.78 is 42.8. The Kier molecular flexibility index (Phi) is 11.5. The second-order valence-electron chi connectivity index (χ2n) is 9.12. The second kappa shape index (κ2) is 14.7. The monoisotopic (exact) mass is 647 g/mol. The van der Waals surface area contributed by atoms with Gasteiger partial charge in [0.1, 0.15) is 11.8 Å². The number of carboxylic acid groups (broad SMARTS) is 1. The Labute approximate surface area is 253 Å². The number of carbonyl (C=O) groups excluding carboxylic acids is 3. The molecule has 42 heavy (non-hydrogen) atoms. The maximum absolute atomic E-state index is 12.9. The summed E-state index contributed by atoms with van der Waals surface area (Å²) in [7, 11) is 1.57. The van der Waals surface area contributed by atoms with E-state index in [4.69, 9.17) is 33.0 Å². The van der Waals surface area contributed by atoms with Crippen LogP contribution in [0, 0.1) is 0 Å². The molecule has 0 aromatic heterocycles. The normalized spacial score (nSPS) is 16.1. The number of nitrogens with zero attached hydrogens (tertiary/aromatic N) is 1. The van der Waals surface area contributed by atoms with E-state index in [2.05, 4.69) is 5.32 Å². The molecule has 1 saturated heterocycles. The predicted molar refractivity (Wildman–Crippen MR) is 151 cm³/mol. The number of benzene rings is 2. The highest BCUT2D eigenvalue weighted by Crippen LogP contribution is 2.42. The number of likely N-dealkylation sites (tertiary alicyclic amines) is 1. The van der Waals surface area contributed by atoms with Gasteiger partial charge in [0.15, 0.2) is 0 Å². The maximum atomic E-state index is 12.9. The van der Waals surface area contributed by atoms with Crippen molar-refractivity contribution in [3.05, 3.63) is 58.1 Å². The fourth-order valence-electron chi connectivity index (χ4n) is 4.05. The van der Waals surface area contributed by atoms with Gasteiger partial charge in [-0.25, -0.2) is 4.79 Å². The number of para-hydroxylation sites is 1. The molecule has 0 radical (unpaired) electrons. The van der Waals surface area contributed by atoms with Crippen LogP contribution in [-0.4, -0.2) is 72.2 Å². The number of hydrogen-bond donors (Lipinski definition) is 3. The number of piperidine rings is 1. The highest BCUT2D eigenvalue weighted by atomic mass is 35.5. The molecule has 0 bridgehead atoms. The third-order valence-corrected chi connectivity index (χ3v) is 8.25. The van der Waals surface area contributed by atoms with Crippen molar-refractivity contribution < 1.29 is 42.2 Å². The third kappa shape index (κ3) is 9.04. The fourth-order valence-corrected chi connectivity index (χ4v) is 5.58. The largest absolute Gasteiger partial charge is 0.496 e. The standard InChI is InChI=1S/C27H26Cl2F3N3O6S/c1-41-18-6-2-3-7-19(18)42-20-10-8-15(23(28)24(20)29)9-11-22(37)35-12-4-5-16(14-35)33-21(36)13-17(25(38)39)34-26(40)27(30,31)32/h2-3,6-11,16-17H,4-5,12-14H2,1H3,(H,33,36)(H,34,40)(H,38,39)/t16?,17-/m0/s1. The highest BCUT2D eigenvalue weighted by Gasteiger charge is 2.41. The number of hydrogen-bond acceptors (Lipinski definition) is 6. The number of amides is 3. The van der Waals surface area contributed by atoms with Crippen molar-refractivity contribution in [3.8, 4) is 5.75 Å². The molecule has 15 heteroatoms. The topological polar surface area (TPSA) is 125 Å². The summed E-state index contributed by atoms with van der Waals surface area (Å²) >= 11 is 14.4. The van der Waals surface area contributed by atoms with E-state index < -0.39 is 42.5 Å². The van der Waals surface area contributed by atoms with Crippen LogP contribution in [0.25, 0.3) is 6.08 Å². The van der Waals surface area contributed by atoms with Gasteiger partial charge in [-0.15, -0.1) is 0 Å². The minimum Gasteiger partial charge on any atom is -0.496 e. The van der Waals surface area contributed by atoms with Gasteiger partial charge in [0.05, 0.1) is 28.5 Å². The smallest absolute Gasteiger partial charge is 0.471 e. The number of ether oxygens (including phenoxy) is 1. The quantitative estimate of drug-likeness (QED) is 0.317. The van der Waals surface area contributed by atoms with Gasteiger partial charge < -0.3 is 25.4 Å². The lowest BCUT2D eigenvalue weighted by atomic mass is 10.0. The Hall–Kier alpha value is -3.42. The van der Waals surface area contributed by atoms with E-state index in [1.165, 1.54) is 34.1 Å². The van der Waals surface area contributed by atoms with Crippen LogP contribution in [-0.2, 0) is 19.2 Å². The molecule has 0 spiro atoms. The Morgan fingerprint density at radius 2 is 1.86 bits per heavy atom. The zero-order valence-corrected chi connectivity index (χ0v) is 24.4. The number of halogens is 5. The lowest BCUT2D eigenvalue weighted by Crippen LogP contribution is -2.52. The summed E-state index contributed by atoms with van der Waals surface area (Å²) in [6, 6.07) is 8.26. The first-order chi connectivity index (χ1) is 19.8. The van der Waals surface area contributed by atoms with Crippen molar-refractivity contribution in [2.75, 3.05) is 20.2 Å². The lowest BCUT2D eigenvalue weighted by Gasteiger charge is -2.32. The van der Waals surface area contributed by atoms with Gasteiger partial charge in [0.2, 0.25) is 11.8 Å². The van der Waals surface area contributed by atoms with Crippen molar-refractivity contribution in [2.24, 2.45) is 0 Å². The van der Waals surface area contributed by atoms with Crippen molar-refractivity contribution in [2.45, 2.75) is 47.3 Å². The van der Waals surface area contributed by atoms with Crippen molar-refractivity contribution in [1.29, 1.82) is 0 Å². The van der Waals surface area contributed by atoms with Gasteiger partial charge in [-0.1, -0.05) is 53.2 Å². The number of rotatable bonds is 10. The molecule has 2 atom stereocenters. The third-order valence-electron chi connectivity index (χ3n) is 6.12. The van der Waals surface area contributed by atoms with E-state index in [-0.39, 0.29) is 17.5 Å². The van der Waals surface area contributed by atoms with E-state index in [9.17, 15) is 32.3 Å². The Morgan fingerprint density at radius 3 is 2.52 bits per heavy atom. The molecule has 1 aliphatic heterocycles. The molecular formula is C27H26Cl2F3N3O6S. The van der Waals surface area contributed by atoms with Crippen LogP contribution < -0.4 is 15.4 Å². The molecule has 2 aromatic carbocycles. The molecule has 1 heterocycles. The van der Waals surface area contributed by atoms with Crippen molar-refractivity contribution in [3.63, 3.8) is 0 Å². The average Bonchev–Trinajstić information content (AvgIpc) is 2.94. The molecule has 3 rings (SSSR count). The summed E-state index contributed by atoms with van der Waals surface area (Å²) in [6.07, 6.45) is -2.42. The van der Waals surface area contributed by atoms with Crippen LogP contribution >= 0.6 is 35.0 Å². The number of aliphatic carboxylic acids is 1. The Morgan fingerprint density at radius 1 is 1.14 bits per heavy atom. The van der Waals surface area contributed by atoms with E-state index in [0.29, 0.717) is 40.6 Å². The van der Waals surface area contributed by atoms with Crippen molar-refractivity contribution >= 4 is 64.7 Å². The number of carboxylic acids is 1.